The van der Waals surface area contributed by atoms with Crippen molar-refractivity contribution in [3.05, 3.63) is 15.6 Å². The van der Waals surface area contributed by atoms with Gasteiger partial charge in [-0.2, -0.15) is 13.2 Å². The van der Waals surface area contributed by atoms with Crippen LogP contribution in [-0.2, 0) is 18.4 Å². The van der Waals surface area contributed by atoms with Crippen molar-refractivity contribution in [2.45, 2.75) is 70.6 Å². The van der Waals surface area contributed by atoms with Crippen molar-refractivity contribution >= 4 is 11.3 Å². The Morgan fingerprint density at radius 2 is 1.90 bits per heavy atom. The third kappa shape index (κ3) is 4.74. The van der Waals surface area contributed by atoms with E-state index in [4.69, 9.17) is 0 Å². The summed E-state index contributed by atoms with van der Waals surface area (Å²) in [4.78, 5) is 5.55. The maximum absolute atomic E-state index is 12.3. The van der Waals surface area contributed by atoms with Gasteiger partial charge in [0.25, 0.3) is 0 Å². The molecule has 0 radical (unpaired) electrons. The quantitative estimate of drug-likeness (QED) is 0.882. The van der Waals surface area contributed by atoms with E-state index in [2.05, 4.69) is 31.1 Å². The lowest BCUT2D eigenvalue weighted by Crippen LogP contribution is -2.20. The van der Waals surface area contributed by atoms with Gasteiger partial charge in [0.05, 0.1) is 10.7 Å². The Kier molecular flexibility index (Phi) is 4.44. The van der Waals surface area contributed by atoms with Crippen LogP contribution in [0.25, 0.3) is 0 Å². The molecule has 1 aromatic rings. The molecule has 0 spiro atoms. The maximum atomic E-state index is 12.3. The van der Waals surface area contributed by atoms with E-state index >= 15 is 0 Å². The van der Waals surface area contributed by atoms with Gasteiger partial charge in [-0.1, -0.05) is 20.8 Å². The molecule has 114 valence electrons. The molecule has 1 saturated carbocycles. The van der Waals surface area contributed by atoms with Crippen molar-refractivity contribution in [3.63, 3.8) is 0 Å². The number of aryl methyl sites for hydroxylation is 1. The Balaban J connectivity index is 2.08. The van der Waals surface area contributed by atoms with Crippen LogP contribution < -0.4 is 5.32 Å². The molecule has 0 saturated heterocycles. The Hall–Kier alpha value is -0.620. The summed E-state index contributed by atoms with van der Waals surface area (Å²) in [5.41, 5.74) is 0.806. The van der Waals surface area contributed by atoms with Gasteiger partial charge in [0.15, 0.2) is 0 Å². The average molecular weight is 306 g/mol. The molecule has 0 aromatic carbocycles. The lowest BCUT2D eigenvalue weighted by atomic mass is 9.91. The molecule has 0 unspecified atom stereocenters. The summed E-state index contributed by atoms with van der Waals surface area (Å²) in [6.07, 6.45) is -2.52. The number of thiazole rings is 1. The Bertz CT molecular complexity index is 456. The number of hydrogen-bond acceptors (Lipinski definition) is 3. The molecular weight excluding hydrogens is 285 g/mol. The summed E-state index contributed by atoms with van der Waals surface area (Å²) in [5.74, 6) is 0. The minimum absolute atomic E-state index is 0.0132. The number of alkyl halides is 3. The third-order valence-corrected chi connectivity index (χ3v) is 4.32. The first kappa shape index (κ1) is 15.8. The minimum Gasteiger partial charge on any atom is -0.309 e. The highest BCUT2D eigenvalue weighted by molar-refractivity contribution is 7.11. The highest BCUT2D eigenvalue weighted by atomic mass is 32.1. The zero-order valence-electron chi connectivity index (χ0n) is 12.1. The summed E-state index contributed by atoms with van der Waals surface area (Å²) in [5, 5.41) is 4.02. The number of hydrogen-bond donors (Lipinski definition) is 1. The van der Waals surface area contributed by atoms with Gasteiger partial charge in [-0.25, -0.2) is 4.98 Å². The third-order valence-electron chi connectivity index (χ3n) is 3.20. The van der Waals surface area contributed by atoms with Gasteiger partial charge in [0.1, 0.15) is 0 Å². The minimum atomic E-state index is -4.11. The van der Waals surface area contributed by atoms with E-state index in [1.165, 1.54) is 24.2 Å². The topological polar surface area (TPSA) is 24.9 Å². The molecule has 1 aliphatic rings. The molecule has 1 aromatic heterocycles. The summed E-state index contributed by atoms with van der Waals surface area (Å²) in [6.45, 7) is 6.88. The van der Waals surface area contributed by atoms with Gasteiger partial charge < -0.3 is 5.32 Å². The van der Waals surface area contributed by atoms with Crippen molar-refractivity contribution in [2.75, 3.05) is 0 Å². The van der Waals surface area contributed by atoms with E-state index in [9.17, 15) is 13.2 Å². The number of aromatic nitrogens is 1. The molecule has 20 heavy (non-hydrogen) atoms. The van der Waals surface area contributed by atoms with E-state index in [-0.39, 0.29) is 11.8 Å². The Morgan fingerprint density at radius 1 is 1.25 bits per heavy atom. The normalized spacial score (nSPS) is 16.7. The van der Waals surface area contributed by atoms with Crippen LogP contribution in [0.1, 0.15) is 55.6 Å². The van der Waals surface area contributed by atoms with Gasteiger partial charge >= 0.3 is 6.18 Å². The standard InChI is InChI=1S/C14H21F3N2S/c1-13(2,3)12-10(8-18-9-4-5-9)20-11(19-12)6-7-14(15,16)17/h9,18H,4-8H2,1-3H3. The van der Waals surface area contributed by atoms with Crippen molar-refractivity contribution in [1.29, 1.82) is 0 Å². The zero-order chi connectivity index (χ0) is 15.0. The molecule has 2 rings (SSSR count). The van der Waals surface area contributed by atoms with Crippen molar-refractivity contribution < 1.29 is 13.2 Å². The van der Waals surface area contributed by atoms with Crippen LogP contribution in [-0.4, -0.2) is 17.2 Å². The van der Waals surface area contributed by atoms with Gasteiger partial charge in [-0.05, 0) is 12.8 Å². The molecule has 2 nitrogen and oxygen atoms in total. The maximum Gasteiger partial charge on any atom is 0.389 e. The summed E-state index contributed by atoms with van der Waals surface area (Å²) in [7, 11) is 0. The highest BCUT2D eigenvalue weighted by Crippen LogP contribution is 2.32. The van der Waals surface area contributed by atoms with Gasteiger partial charge in [-0.15, -0.1) is 11.3 Å². The SMILES string of the molecule is CC(C)(C)c1nc(CCC(F)(F)F)sc1CNC1CC1. The Morgan fingerprint density at radius 3 is 2.40 bits per heavy atom. The molecule has 1 fully saturated rings. The monoisotopic (exact) mass is 306 g/mol. The van der Waals surface area contributed by atoms with Crippen LogP contribution in [0.15, 0.2) is 0 Å². The first-order valence-corrected chi connectivity index (χ1v) is 7.76. The van der Waals surface area contributed by atoms with Crippen LogP contribution >= 0.6 is 11.3 Å². The number of halogens is 3. The van der Waals surface area contributed by atoms with Crippen LogP contribution in [0.4, 0.5) is 13.2 Å². The van der Waals surface area contributed by atoms with Crippen LogP contribution in [0.2, 0.25) is 0 Å². The van der Waals surface area contributed by atoms with Crippen molar-refractivity contribution in [2.24, 2.45) is 0 Å². The number of rotatable bonds is 5. The van der Waals surface area contributed by atoms with Crippen molar-refractivity contribution in [3.8, 4) is 0 Å². The van der Waals surface area contributed by atoms with E-state index in [1.54, 1.807) is 0 Å². The summed E-state index contributed by atoms with van der Waals surface area (Å²) in [6, 6.07) is 0.587. The van der Waals surface area contributed by atoms with Gasteiger partial charge in [-0.3, -0.25) is 0 Å². The second-order valence-electron chi connectivity index (χ2n) is 6.40. The predicted molar refractivity (Wildman–Crippen MR) is 75.1 cm³/mol. The van der Waals surface area contributed by atoms with E-state index < -0.39 is 12.6 Å². The first-order chi connectivity index (χ1) is 9.15. The zero-order valence-corrected chi connectivity index (χ0v) is 12.9. The molecule has 1 aliphatic carbocycles. The number of nitrogens with one attached hydrogen (secondary N) is 1. The van der Waals surface area contributed by atoms with Gasteiger partial charge in [0, 0.05) is 35.7 Å². The first-order valence-electron chi connectivity index (χ1n) is 6.94. The Labute approximate surface area is 121 Å². The van der Waals surface area contributed by atoms with E-state index in [0.29, 0.717) is 11.0 Å². The molecule has 1 heterocycles. The average Bonchev–Trinajstić information content (AvgIpc) is 3.01. The largest absolute Gasteiger partial charge is 0.389 e. The molecule has 1 N–H and O–H groups in total. The van der Waals surface area contributed by atoms with Crippen LogP contribution in [0.5, 0.6) is 0 Å². The molecule has 0 amide bonds. The molecular formula is C14H21F3N2S. The van der Waals surface area contributed by atoms with E-state index in [1.807, 2.05) is 0 Å². The highest BCUT2D eigenvalue weighted by Gasteiger charge is 2.29. The lowest BCUT2D eigenvalue weighted by molar-refractivity contribution is -0.134. The number of nitrogens with zero attached hydrogens (tertiary/aromatic N) is 1. The summed E-state index contributed by atoms with van der Waals surface area (Å²) >= 11 is 1.42. The fourth-order valence-corrected chi connectivity index (χ4v) is 3.22. The van der Waals surface area contributed by atoms with Crippen LogP contribution in [0.3, 0.4) is 0 Å². The molecule has 0 bridgehead atoms. The lowest BCUT2D eigenvalue weighted by Gasteiger charge is -2.17. The second-order valence-corrected chi connectivity index (χ2v) is 7.57. The molecule has 0 atom stereocenters. The van der Waals surface area contributed by atoms with E-state index in [0.717, 1.165) is 17.1 Å². The van der Waals surface area contributed by atoms with Crippen LogP contribution in [0, 0.1) is 0 Å². The fourth-order valence-electron chi connectivity index (χ4n) is 1.99. The smallest absolute Gasteiger partial charge is 0.309 e. The van der Waals surface area contributed by atoms with Gasteiger partial charge in [0.2, 0.25) is 0 Å². The molecule has 0 aliphatic heterocycles. The molecule has 6 heteroatoms. The van der Waals surface area contributed by atoms with Crippen molar-refractivity contribution in [1.82, 2.24) is 10.3 Å². The fraction of sp³-hybridized carbons (Fsp3) is 0.786. The second kappa shape index (κ2) is 5.64. The predicted octanol–water partition coefficient (Wildman–Crippen LogP) is 4.19. The summed E-state index contributed by atoms with van der Waals surface area (Å²) < 4.78 is 36.9.